The third-order valence-corrected chi connectivity index (χ3v) is 2.98. The molecule has 21 heavy (non-hydrogen) atoms. The van der Waals surface area contributed by atoms with Gasteiger partial charge in [0.05, 0.1) is 18.3 Å². The van der Waals surface area contributed by atoms with E-state index < -0.39 is 0 Å². The first-order valence-corrected chi connectivity index (χ1v) is 6.66. The molecule has 0 fully saturated rings. The average Bonchev–Trinajstić information content (AvgIpc) is 2.48. The van der Waals surface area contributed by atoms with Gasteiger partial charge in [-0.05, 0) is 23.8 Å². The number of nitrogens with one attached hydrogen (secondary N) is 1. The number of benzene rings is 1. The van der Waals surface area contributed by atoms with Crippen molar-refractivity contribution in [2.24, 2.45) is 5.10 Å². The van der Waals surface area contributed by atoms with E-state index >= 15 is 0 Å². The second kappa shape index (κ2) is 7.40. The fourth-order valence-electron chi connectivity index (χ4n) is 1.68. The van der Waals surface area contributed by atoms with Crippen molar-refractivity contribution >= 4 is 23.7 Å². The SMILES string of the molecule is COc1ccc(/C=N\NC(=O)C[n+]2ccccc2)cc1Cl. The molecule has 0 unspecified atom stereocenters. The Morgan fingerprint density at radius 3 is 2.81 bits per heavy atom. The van der Waals surface area contributed by atoms with E-state index in [0.29, 0.717) is 10.8 Å². The van der Waals surface area contributed by atoms with Gasteiger partial charge in [0.2, 0.25) is 6.54 Å². The molecule has 2 rings (SSSR count). The highest BCUT2D eigenvalue weighted by atomic mass is 35.5. The summed E-state index contributed by atoms with van der Waals surface area (Å²) in [6.07, 6.45) is 5.15. The minimum absolute atomic E-state index is 0.206. The van der Waals surface area contributed by atoms with Crippen molar-refractivity contribution < 1.29 is 14.1 Å². The Bertz CT molecular complexity index is 645. The molecule has 0 aliphatic carbocycles. The van der Waals surface area contributed by atoms with Crippen molar-refractivity contribution in [3.63, 3.8) is 0 Å². The number of carbonyl (C=O) groups excluding carboxylic acids is 1. The first kappa shape index (κ1) is 15.0. The summed E-state index contributed by atoms with van der Waals surface area (Å²) in [5.41, 5.74) is 3.23. The van der Waals surface area contributed by atoms with Gasteiger partial charge in [0.15, 0.2) is 12.4 Å². The van der Waals surface area contributed by atoms with Gasteiger partial charge in [-0.3, -0.25) is 4.79 Å². The molecule has 0 atom stereocenters. The molecule has 0 bridgehead atoms. The monoisotopic (exact) mass is 304 g/mol. The van der Waals surface area contributed by atoms with Crippen molar-refractivity contribution in [1.29, 1.82) is 0 Å². The zero-order valence-corrected chi connectivity index (χ0v) is 12.2. The summed E-state index contributed by atoms with van der Waals surface area (Å²) < 4.78 is 6.82. The lowest BCUT2D eigenvalue weighted by molar-refractivity contribution is -0.684. The molecule has 0 saturated carbocycles. The lowest BCUT2D eigenvalue weighted by Crippen LogP contribution is -2.40. The minimum Gasteiger partial charge on any atom is -0.495 e. The van der Waals surface area contributed by atoms with Crippen molar-refractivity contribution in [3.8, 4) is 5.75 Å². The van der Waals surface area contributed by atoms with Crippen LogP contribution in [0, 0.1) is 0 Å². The van der Waals surface area contributed by atoms with Crippen LogP contribution in [-0.4, -0.2) is 19.2 Å². The number of hydrogen-bond acceptors (Lipinski definition) is 3. The predicted molar refractivity (Wildman–Crippen MR) is 80.4 cm³/mol. The number of methoxy groups -OCH3 is 1. The van der Waals surface area contributed by atoms with Crippen molar-refractivity contribution in [2.45, 2.75) is 6.54 Å². The molecule has 1 amide bonds. The molecule has 6 heteroatoms. The standard InChI is InChI=1S/C15H14ClN3O2/c1-21-14-6-5-12(9-13(14)16)10-17-18-15(20)11-19-7-3-2-4-8-19/h2-10H,11H2,1H3/p+1/b17-10-. The van der Waals surface area contributed by atoms with Crippen LogP contribution in [0.3, 0.4) is 0 Å². The first-order chi connectivity index (χ1) is 10.2. The molecule has 1 aromatic heterocycles. The number of amides is 1. The highest BCUT2D eigenvalue weighted by molar-refractivity contribution is 6.32. The number of carbonyl (C=O) groups is 1. The van der Waals surface area contributed by atoms with E-state index in [1.165, 1.54) is 6.21 Å². The Hall–Kier alpha value is -2.40. The second-order valence-electron chi connectivity index (χ2n) is 4.23. The number of nitrogens with zero attached hydrogens (tertiary/aromatic N) is 2. The van der Waals surface area contributed by atoms with Gasteiger partial charge in [-0.25, -0.2) is 5.43 Å². The Kier molecular flexibility index (Phi) is 5.29. The van der Waals surface area contributed by atoms with Gasteiger partial charge in [-0.15, -0.1) is 0 Å². The molecule has 2 aromatic rings. The van der Waals surface area contributed by atoms with E-state index in [4.69, 9.17) is 16.3 Å². The van der Waals surface area contributed by atoms with Gasteiger partial charge < -0.3 is 4.74 Å². The number of aromatic nitrogens is 1. The second-order valence-corrected chi connectivity index (χ2v) is 4.64. The van der Waals surface area contributed by atoms with E-state index in [1.807, 2.05) is 30.6 Å². The van der Waals surface area contributed by atoms with Crippen LogP contribution in [-0.2, 0) is 11.3 Å². The number of ether oxygens (including phenoxy) is 1. The maximum atomic E-state index is 11.7. The van der Waals surface area contributed by atoms with Crippen LogP contribution in [0.25, 0.3) is 0 Å². The largest absolute Gasteiger partial charge is 0.495 e. The summed E-state index contributed by atoms with van der Waals surface area (Å²) in [6, 6.07) is 10.9. The summed E-state index contributed by atoms with van der Waals surface area (Å²) in [5, 5.41) is 4.39. The molecule has 0 radical (unpaired) electrons. The van der Waals surface area contributed by atoms with Crippen LogP contribution in [0.5, 0.6) is 5.75 Å². The topological polar surface area (TPSA) is 54.6 Å². The number of hydrazone groups is 1. The van der Waals surface area contributed by atoms with Crippen LogP contribution < -0.4 is 14.7 Å². The Balaban J connectivity index is 1.90. The zero-order valence-electron chi connectivity index (χ0n) is 11.5. The van der Waals surface area contributed by atoms with Crippen LogP contribution >= 0.6 is 11.6 Å². The summed E-state index contributed by atoms with van der Waals surface area (Å²) in [4.78, 5) is 11.7. The van der Waals surface area contributed by atoms with Crippen LogP contribution in [0.15, 0.2) is 53.9 Å². The molecule has 108 valence electrons. The van der Waals surface area contributed by atoms with E-state index in [0.717, 1.165) is 5.56 Å². The fraction of sp³-hybridized carbons (Fsp3) is 0.133. The maximum absolute atomic E-state index is 11.7. The first-order valence-electron chi connectivity index (χ1n) is 6.28. The molecular weight excluding hydrogens is 290 g/mol. The molecular formula is C15H15ClN3O2+. The molecule has 1 heterocycles. The number of pyridine rings is 1. The van der Waals surface area contributed by atoms with Crippen LogP contribution in [0.4, 0.5) is 0 Å². The zero-order chi connectivity index (χ0) is 15.1. The summed E-state index contributed by atoms with van der Waals surface area (Å²) in [6.45, 7) is 0.210. The van der Waals surface area contributed by atoms with Gasteiger partial charge in [-0.2, -0.15) is 9.67 Å². The smallest absolute Gasteiger partial charge is 0.305 e. The van der Waals surface area contributed by atoms with Gasteiger partial charge in [-0.1, -0.05) is 17.7 Å². The third-order valence-electron chi connectivity index (χ3n) is 2.68. The number of rotatable bonds is 5. The molecule has 0 saturated heterocycles. The molecule has 0 spiro atoms. The van der Waals surface area contributed by atoms with E-state index in [1.54, 1.807) is 29.9 Å². The maximum Gasteiger partial charge on any atom is 0.305 e. The van der Waals surface area contributed by atoms with Gasteiger partial charge >= 0.3 is 5.91 Å². The fourth-order valence-corrected chi connectivity index (χ4v) is 1.95. The van der Waals surface area contributed by atoms with Crippen molar-refractivity contribution in [1.82, 2.24) is 5.43 Å². The quantitative estimate of drug-likeness (QED) is 0.520. The average molecular weight is 305 g/mol. The third kappa shape index (κ3) is 4.57. The van der Waals surface area contributed by atoms with E-state index in [2.05, 4.69) is 10.5 Å². The van der Waals surface area contributed by atoms with Crippen molar-refractivity contribution in [3.05, 3.63) is 59.4 Å². The lowest BCUT2D eigenvalue weighted by Gasteiger charge is -2.02. The number of halogens is 1. The Labute approximate surface area is 127 Å². The minimum atomic E-state index is -0.206. The normalized spacial score (nSPS) is 10.6. The summed E-state index contributed by atoms with van der Waals surface area (Å²) >= 11 is 6.00. The highest BCUT2D eigenvalue weighted by Gasteiger charge is 2.06. The molecule has 5 nitrogen and oxygen atoms in total. The predicted octanol–water partition coefficient (Wildman–Crippen LogP) is 1.79. The summed E-state index contributed by atoms with van der Waals surface area (Å²) in [7, 11) is 1.55. The van der Waals surface area contributed by atoms with E-state index in [9.17, 15) is 4.79 Å². The van der Waals surface area contributed by atoms with Crippen LogP contribution in [0.2, 0.25) is 5.02 Å². The van der Waals surface area contributed by atoms with Crippen molar-refractivity contribution in [2.75, 3.05) is 7.11 Å². The Morgan fingerprint density at radius 1 is 1.38 bits per heavy atom. The highest BCUT2D eigenvalue weighted by Crippen LogP contribution is 2.24. The van der Waals surface area contributed by atoms with E-state index in [-0.39, 0.29) is 12.5 Å². The van der Waals surface area contributed by atoms with Gasteiger partial charge in [0, 0.05) is 12.1 Å². The number of hydrogen-bond donors (Lipinski definition) is 1. The molecule has 0 aliphatic heterocycles. The van der Waals surface area contributed by atoms with Gasteiger partial charge in [0.25, 0.3) is 0 Å². The lowest BCUT2D eigenvalue weighted by atomic mass is 10.2. The van der Waals surface area contributed by atoms with Gasteiger partial charge in [0.1, 0.15) is 5.75 Å². The Morgan fingerprint density at radius 2 is 2.14 bits per heavy atom. The molecule has 1 aromatic carbocycles. The summed E-state index contributed by atoms with van der Waals surface area (Å²) in [5.74, 6) is 0.389. The molecule has 0 aliphatic rings. The molecule has 1 N–H and O–H groups in total. The van der Waals surface area contributed by atoms with Crippen LogP contribution in [0.1, 0.15) is 5.56 Å².